The molecule has 1 amide bonds. The van der Waals surface area contributed by atoms with Crippen molar-refractivity contribution in [3.05, 3.63) is 0 Å². The zero-order valence-electron chi connectivity index (χ0n) is 8.41. The predicted molar refractivity (Wildman–Crippen MR) is 53.1 cm³/mol. The van der Waals surface area contributed by atoms with E-state index >= 15 is 0 Å². The highest BCUT2D eigenvalue weighted by Gasteiger charge is 2.43. The molecule has 2 fully saturated rings. The summed E-state index contributed by atoms with van der Waals surface area (Å²) in [5.74, 6) is 0. The average Bonchev–Trinajstić information content (AvgIpc) is 2.49. The normalized spacial score (nSPS) is 30.9. The van der Waals surface area contributed by atoms with Gasteiger partial charge in [0.05, 0.1) is 0 Å². The van der Waals surface area contributed by atoms with Crippen molar-refractivity contribution in [3.8, 4) is 0 Å². The first-order valence-corrected chi connectivity index (χ1v) is 5.37. The van der Waals surface area contributed by atoms with Crippen LogP contribution in [0.5, 0.6) is 0 Å². The fraction of sp³-hybridized carbons (Fsp3) is 0.900. The van der Waals surface area contributed by atoms with E-state index in [1.165, 1.54) is 17.7 Å². The Morgan fingerprint density at radius 1 is 1.36 bits per heavy atom. The first-order valence-electron chi connectivity index (χ1n) is 5.37. The Morgan fingerprint density at radius 3 is 2.43 bits per heavy atom. The fourth-order valence-electron chi connectivity index (χ4n) is 2.93. The molecule has 1 spiro atoms. The summed E-state index contributed by atoms with van der Waals surface area (Å²) >= 11 is 0. The van der Waals surface area contributed by atoms with Gasteiger partial charge in [-0.15, -0.1) is 0 Å². The van der Waals surface area contributed by atoms with Crippen LogP contribution in [0.15, 0.2) is 0 Å². The number of piperidine rings is 1. The molecule has 1 atom stereocenters. The van der Waals surface area contributed by atoms with Gasteiger partial charge in [-0.05, 0) is 31.1 Å². The largest absolute Gasteiger partial charge is 0.465 e. The molecule has 0 aromatic carbocycles. The molecular weight excluding hydrogens is 180 g/mol. The van der Waals surface area contributed by atoms with Gasteiger partial charge in [-0.25, -0.2) is 4.79 Å². The highest BCUT2D eigenvalue weighted by Crippen LogP contribution is 2.45. The molecule has 0 unspecified atom stereocenters. The van der Waals surface area contributed by atoms with Crippen molar-refractivity contribution in [1.29, 1.82) is 0 Å². The van der Waals surface area contributed by atoms with Gasteiger partial charge in [0.1, 0.15) is 0 Å². The van der Waals surface area contributed by atoms with Gasteiger partial charge in [-0.3, -0.25) is 0 Å². The Morgan fingerprint density at radius 2 is 2.00 bits per heavy atom. The second kappa shape index (κ2) is 3.42. The zero-order chi connectivity index (χ0) is 10.2. The molecule has 1 saturated heterocycles. The molecule has 0 bridgehead atoms. The van der Waals surface area contributed by atoms with Gasteiger partial charge in [0, 0.05) is 19.1 Å². The molecule has 80 valence electrons. The van der Waals surface area contributed by atoms with Gasteiger partial charge in [0.2, 0.25) is 0 Å². The molecule has 1 aliphatic heterocycles. The third-order valence-corrected chi connectivity index (χ3v) is 4.01. The van der Waals surface area contributed by atoms with Crippen LogP contribution in [0.4, 0.5) is 4.79 Å². The number of likely N-dealkylation sites (tertiary alicyclic amines) is 1. The lowest BCUT2D eigenvalue weighted by atomic mass is 9.74. The van der Waals surface area contributed by atoms with E-state index in [1.54, 1.807) is 0 Å². The Bertz CT molecular complexity index is 234. The first-order chi connectivity index (χ1) is 6.64. The third kappa shape index (κ3) is 1.47. The van der Waals surface area contributed by atoms with E-state index in [1.807, 2.05) is 0 Å². The molecule has 1 saturated carbocycles. The molecule has 3 N–H and O–H groups in total. The maximum Gasteiger partial charge on any atom is 0.407 e. The molecule has 1 aliphatic carbocycles. The summed E-state index contributed by atoms with van der Waals surface area (Å²) in [6, 6.07) is 0.304. The van der Waals surface area contributed by atoms with Crippen molar-refractivity contribution in [2.45, 2.75) is 38.1 Å². The van der Waals surface area contributed by atoms with Gasteiger partial charge in [0.25, 0.3) is 0 Å². The van der Waals surface area contributed by atoms with Crippen molar-refractivity contribution in [2.75, 3.05) is 13.1 Å². The number of hydrogen-bond acceptors (Lipinski definition) is 2. The van der Waals surface area contributed by atoms with Crippen molar-refractivity contribution in [3.63, 3.8) is 0 Å². The van der Waals surface area contributed by atoms with Crippen LogP contribution >= 0.6 is 0 Å². The minimum Gasteiger partial charge on any atom is -0.465 e. The lowest BCUT2D eigenvalue weighted by molar-refractivity contribution is 0.0838. The van der Waals surface area contributed by atoms with E-state index in [0.717, 1.165) is 19.3 Å². The number of rotatable bonds is 0. The smallest absolute Gasteiger partial charge is 0.407 e. The van der Waals surface area contributed by atoms with Crippen LogP contribution in [0.3, 0.4) is 0 Å². The second-order valence-corrected chi connectivity index (χ2v) is 4.63. The Hall–Kier alpha value is -0.770. The Kier molecular flexibility index (Phi) is 2.39. The molecule has 0 aromatic rings. The summed E-state index contributed by atoms with van der Waals surface area (Å²) in [6.45, 7) is 1.34. The van der Waals surface area contributed by atoms with E-state index in [4.69, 9.17) is 10.8 Å². The monoisotopic (exact) mass is 198 g/mol. The zero-order valence-corrected chi connectivity index (χ0v) is 8.41. The third-order valence-electron chi connectivity index (χ3n) is 4.01. The summed E-state index contributed by atoms with van der Waals surface area (Å²) in [4.78, 5) is 12.2. The van der Waals surface area contributed by atoms with Crippen LogP contribution in [0, 0.1) is 5.41 Å². The molecule has 14 heavy (non-hydrogen) atoms. The van der Waals surface area contributed by atoms with Gasteiger partial charge in [-0.2, -0.15) is 0 Å². The van der Waals surface area contributed by atoms with Crippen LogP contribution in [0.25, 0.3) is 0 Å². The molecule has 4 nitrogen and oxygen atoms in total. The average molecular weight is 198 g/mol. The minimum absolute atomic E-state index is 0.270. The maximum absolute atomic E-state index is 10.7. The number of amides is 1. The quantitative estimate of drug-likeness (QED) is 0.615. The predicted octanol–water partition coefficient (Wildman–Crippen LogP) is 1.26. The summed E-state index contributed by atoms with van der Waals surface area (Å²) < 4.78 is 0. The highest BCUT2D eigenvalue weighted by atomic mass is 16.4. The van der Waals surface area contributed by atoms with Crippen LogP contribution in [-0.4, -0.2) is 35.2 Å². The van der Waals surface area contributed by atoms with E-state index in [-0.39, 0.29) is 5.41 Å². The van der Waals surface area contributed by atoms with Crippen molar-refractivity contribution in [1.82, 2.24) is 4.90 Å². The van der Waals surface area contributed by atoms with E-state index in [9.17, 15) is 4.79 Å². The SMILES string of the molecule is N[C@H]1CCCC12CCN(C(=O)O)CC2. The number of hydrogen-bond donors (Lipinski definition) is 2. The molecule has 1 heterocycles. The van der Waals surface area contributed by atoms with Crippen LogP contribution in [0.1, 0.15) is 32.1 Å². The summed E-state index contributed by atoms with van der Waals surface area (Å²) in [6.07, 6.45) is 4.66. The Labute approximate surface area is 84.1 Å². The number of carbonyl (C=O) groups is 1. The number of nitrogens with zero attached hydrogens (tertiary/aromatic N) is 1. The van der Waals surface area contributed by atoms with Gasteiger partial charge < -0.3 is 15.7 Å². The van der Waals surface area contributed by atoms with Gasteiger partial charge in [-0.1, -0.05) is 6.42 Å². The summed E-state index contributed by atoms with van der Waals surface area (Å²) in [5, 5.41) is 8.83. The van der Waals surface area contributed by atoms with E-state index < -0.39 is 6.09 Å². The van der Waals surface area contributed by atoms with Crippen LogP contribution in [0.2, 0.25) is 0 Å². The Balaban J connectivity index is 1.98. The highest BCUT2D eigenvalue weighted by molar-refractivity contribution is 5.65. The van der Waals surface area contributed by atoms with Crippen molar-refractivity contribution in [2.24, 2.45) is 11.1 Å². The number of nitrogens with two attached hydrogens (primary N) is 1. The topological polar surface area (TPSA) is 66.6 Å². The lowest BCUT2D eigenvalue weighted by Gasteiger charge is -2.41. The van der Waals surface area contributed by atoms with Crippen LogP contribution < -0.4 is 5.73 Å². The van der Waals surface area contributed by atoms with E-state index in [0.29, 0.717) is 19.1 Å². The van der Waals surface area contributed by atoms with Crippen LogP contribution in [-0.2, 0) is 0 Å². The molecule has 2 rings (SSSR count). The first kappa shape index (κ1) is 9.77. The lowest BCUT2D eigenvalue weighted by Crippen LogP contribution is -2.48. The molecule has 2 aliphatic rings. The fourth-order valence-corrected chi connectivity index (χ4v) is 2.93. The second-order valence-electron chi connectivity index (χ2n) is 4.63. The minimum atomic E-state index is -0.786. The maximum atomic E-state index is 10.7. The standard InChI is InChI=1S/C10H18N2O2/c11-8-2-1-3-10(8)4-6-12(7-5-10)9(13)14/h8H,1-7,11H2,(H,13,14)/t8-/m0/s1. The molecule has 0 radical (unpaired) electrons. The van der Waals surface area contributed by atoms with Crippen molar-refractivity contribution >= 4 is 6.09 Å². The summed E-state index contributed by atoms with van der Waals surface area (Å²) in [5.41, 5.74) is 6.37. The molecule has 4 heteroatoms. The van der Waals surface area contributed by atoms with Gasteiger partial charge in [0.15, 0.2) is 0 Å². The number of carboxylic acid groups (broad SMARTS) is 1. The van der Waals surface area contributed by atoms with Crippen molar-refractivity contribution < 1.29 is 9.90 Å². The molecule has 0 aromatic heterocycles. The molecular formula is C10H18N2O2. The van der Waals surface area contributed by atoms with E-state index in [2.05, 4.69) is 0 Å². The summed E-state index contributed by atoms with van der Waals surface area (Å²) in [7, 11) is 0. The van der Waals surface area contributed by atoms with Gasteiger partial charge >= 0.3 is 6.09 Å².